The minimum atomic E-state index is 0.522. The van der Waals surface area contributed by atoms with Crippen molar-refractivity contribution in [2.24, 2.45) is 11.8 Å². The van der Waals surface area contributed by atoms with Gasteiger partial charge >= 0.3 is 0 Å². The van der Waals surface area contributed by atoms with E-state index in [4.69, 9.17) is 5.73 Å². The van der Waals surface area contributed by atoms with Gasteiger partial charge in [0.1, 0.15) is 17.5 Å². The van der Waals surface area contributed by atoms with E-state index in [1.165, 1.54) is 19.3 Å². The van der Waals surface area contributed by atoms with Crippen molar-refractivity contribution in [3.8, 4) is 0 Å². The second-order valence-electron chi connectivity index (χ2n) is 5.30. The first-order chi connectivity index (χ1) is 8.63. The number of aromatic nitrogens is 2. The van der Waals surface area contributed by atoms with Crippen LogP contribution in [0.3, 0.4) is 0 Å². The third kappa shape index (κ3) is 2.74. The fraction of sp³-hybridized carbons (Fsp3) is 0.714. The van der Waals surface area contributed by atoms with Crippen molar-refractivity contribution < 1.29 is 0 Å². The second-order valence-corrected chi connectivity index (χ2v) is 5.30. The molecule has 0 amide bonds. The SMILES string of the molecule is CCc1nc(N)cc(NC2CCC(CC)C2C)n1. The van der Waals surface area contributed by atoms with Gasteiger partial charge in [0.05, 0.1) is 0 Å². The Hall–Kier alpha value is -1.32. The molecule has 0 bridgehead atoms. The minimum Gasteiger partial charge on any atom is -0.384 e. The predicted molar refractivity (Wildman–Crippen MR) is 75.4 cm³/mol. The summed E-state index contributed by atoms with van der Waals surface area (Å²) in [5.74, 6) is 3.80. The molecule has 3 N–H and O–H groups in total. The zero-order valence-electron chi connectivity index (χ0n) is 11.6. The number of nitrogen functional groups attached to an aromatic ring is 1. The molecule has 1 saturated carbocycles. The van der Waals surface area contributed by atoms with Crippen molar-refractivity contribution in [3.05, 3.63) is 11.9 Å². The summed E-state index contributed by atoms with van der Waals surface area (Å²) >= 11 is 0. The van der Waals surface area contributed by atoms with Crippen molar-refractivity contribution in [2.75, 3.05) is 11.1 Å². The van der Waals surface area contributed by atoms with E-state index in [1.54, 1.807) is 0 Å². The molecule has 0 aromatic carbocycles. The number of anilines is 2. The van der Waals surface area contributed by atoms with E-state index in [2.05, 4.69) is 29.1 Å². The number of rotatable bonds is 4. The number of aryl methyl sites for hydroxylation is 1. The number of nitrogens with zero attached hydrogens (tertiary/aromatic N) is 2. The Morgan fingerprint density at radius 3 is 2.72 bits per heavy atom. The lowest BCUT2D eigenvalue weighted by molar-refractivity contribution is 0.391. The highest BCUT2D eigenvalue weighted by atomic mass is 15.1. The van der Waals surface area contributed by atoms with Gasteiger partial charge in [-0.3, -0.25) is 0 Å². The summed E-state index contributed by atoms with van der Waals surface area (Å²) in [6.07, 6.45) is 4.63. The van der Waals surface area contributed by atoms with Gasteiger partial charge in [0.25, 0.3) is 0 Å². The summed E-state index contributed by atoms with van der Waals surface area (Å²) in [5, 5.41) is 3.54. The topological polar surface area (TPSA) is 63.8 Å². The molecule has 2 rings (SSSR count). The van der Waals surface area contributed by atoms with Crippen LogP contribution < -0.4 is 11.1 Å². The molecule has 1 aliphatic carbocycles. The zero-order valence-corrected chi connectivity index (χ0v) is 11.6. The maximum atomic E-state index is 5.81. The van der Waals surface area contributed by atoms with E-state index in [0.717, 1.165) is 24.0 Å². The molecule has 1 heterocycles. The van der Waals surface area contributed by atoms with Crippen LogP contribution in [-0.4, -0.2) is 16.0 Å². The Morgan fingerprint density at radius 1 is 1.33 bits per heavy atom. The predicted octanol–water partition coefficient (Wildman–Crippen LogP) is 2.86. The van der Waals surface area contributed by atoms with Crippen LogP contribution in [0.1, 0.15) is 45.9 Å². The van der Waals surface area contributed by atoms with Crippen LogP contribution in [0, 0.1) is 11.8 Å². The van der Waals surface area contributed by atoms with Crippen molar-refractivity contribution >= 4 is 11.6 Å². The fourth-order valence-corrected chi connectivity index (χ4v) is 2.97. The van der Waals surface area contributed by atoms with Gasteiger partial charge < -0.3 is 11.1 Å². The lowest BCUT2D eigenvalue weighted by Gasteiger charge is -2.21. The van der Waals surface area contributed by atoms with Crippen LogP contribution >= 0.6 is 0 Å². The summed E-state index contributed by atoms with van der Waals surface area (Å²) in [5.41, 5.74) is 5.81. The first-order valence-corrected chi connectivity index (χ1v) is 7.04. The molecule has 3 unspecified atom stereocenters. The molecular weight excluding hydrogens is 224 g/mol. The van der Waals surface area contributed by atoms with E-state index >= 15 is 0 Å². The van der Waals surface area contributed by atoms with Crippen LogP contribution in [0.15, 0.2) is 6.07 Å². The molecule has 0 radical (unpaired) electrons. The van der Waals surface area contributed by atoms with Crippen molar-refractivity contribution in [3.63, 3.8) is 0 Å². The van der Waals surface area contributed by atoms with Gasteiger partial charge in [-0.1, -0.05) is 27.2 Å². The molecule has 0 aliphatic heterocycles. The first-order valence-electron chi connectivity index (χ1n) is 7.04. The average Bonchev–Trinajstić information content (AvgIpc) is 2.70. The molecule has 18 heavy (non-hydrogen) atoms. The quantitative estimate of drug-likeness (QED) is 0.860. The third-order valence-corrected chi connectivity index (χ3v) is 4.19. The van der Waals surface area contributed by atoms with Crippen molar-refractivity contribution in [2.45, 2.75) is 52.5 Å². The van der Waals surface area contributed by atoms with Gasteiger partial charge in [0.2, 0.25) is 0 Å². The van der Waals surface area contributed by atoms with Gasteiger partial charge in [-0.05, 0) is 24.7 Å². The fourth-order valence-electron chi connectivity index (χ4n) is 2.97. The molecular formula is C14H24N4. The second kappa shape index (κ2) is 5.55. The van der Waals surface area contributed by atoms with Crippen molar-refractivity contribution in [1.29, 1.82) is 0 Å². The Bertz CT molecular complexity index is 405. The first kappa shape index (κ1) is 13.1. The van der Waals surface area contributed by atoms with E-state index in [-0.39, 0.29) is 0 Å². The zero-order chi connectivity index (χ0) is 13.1. The highest BCUT2D eigenvalue weighted by molar-refractivity contribution is 5.45. The number of nitrogens with one attached hydrogen (secondary N) is 1. The molecule has 4 heteroatoms. The Balaban J connectivity index is 2.08. The molecule has 1 aromatic rings. The van der Waals surface area contributed by atoms with Crippen LogP contribution in [0.4, 0.5) is 11.6 Å². The summed E-state index contributed by atoms with van der Waals surface area (Å²) in [6, 6.07) is 2.36. The third-order valence-electron chi connectivity index (χ3n) is 4.19. The maximum Gasteiger partial charge on any atom is 0.132 e. The maximum absolute atomic E-state index is 5.81. The van der Waals surface area contributed by atoms with Gasteiger partial charge in [-0.15, -0.1) is 0 Å². The normalized spacial score (nSPS) is 27.4. The van der Waals surface area contributed by atoms with Crippen LogP contribution in [0.5, 0.6) is 0 Å². The van der Waals surface area contributed by atoms with Gasteiger partial charge in [-0.25, -0.2) is 9.97 Å². The van der Waals surface area contributed by atoms with Crippen LogP contribution in [0.2, 0.25) is 0 Å². The number of hydrogen-bond donors (Lipinski definition) is 2. The lowest BCUT2D eigenvalue weighted by Crippen LogP contribution is -2.25. The number of nitrogens with two attached hydrogens (primary N) is 1. The Morgan fingerprint density at radius 2 is 2.11 bits per heavy atom. The molecule has 3 atom stereocenters. The Labute approximate surface area is 109 Å². The van der Waals surface area contributed by atoms with Crippen molar-refractivity contribution in [1.82, 2.24) is 9.97 Å². The standard InChI is InChI=1S/C14H24N4/c1-4-10-6-7-11(9(10)3)16-14-8-12(15)17-13(5-2)18-14/h8-11H,4-7H2,1-3H3,(H3,15,16,17,18). The van der Waals surface area contributed by atoms with E-state index in [1.807, 2.05) is 13.0 Å². The van der Waals surface area contributed by atoms with Gasteiger partial charge in [-0.2, -0.15) is 0 Å². The van der Waals surface area contributed by atoms with Gasteiger partial charge in [0.15, 0.2) is 0 Å². The lowest BCUT2D eigenvalue weighted by atomic mass is 9.93. The summed E-state index contributed by atoms with van der Waals surface area (Å²) in [4.78, 5) is 8.70. The van der Waals surface area contributed by atoms with Gasteiger partial charge in [0, 0.05) is 18.5 Å². The molecule has 1 aromatic heterocycles. The highest BCUT2D eigenvalue weighted by Crippen LogP contribution is 2.35. The molecule has 1 fully saturated rings. The summed E-state index contributed by atoms with van der Waals surface area (Å²) in [7, 11) is 0. The summed E-state index contributed by atoms with van der Waals surface area (Å²) in [6.45, 7) is 6.66. The molecule has 1 aliphatic rings. The minimum absolute atomic E-state index is 0.522. The Kier molecular flexibility index (Phi) is 4.04. The summed E-state index contributed by atoms with van der Waals surface area (Å²) < 4.78 is 0. The average molecular weight is 248 g/mol. The largest absolute Gasteiger partial charge is 0.384 e. The molecule has 0 saturated heterocycles. The van der Waals surface area contributed by atoms with E-state index in [0.29, 0.717) is 17.8 Å². The van der Waals surface area contributed by atoms with E-state index in [9.17, 15) is 0 Å². The van der Waals surface area contributed by atoms with Crippen LogP contribution in [-0.2, 0) is 6.42 Å². The molecule has 0 spiro atoms. The smallest absolute Gasteiger partial charge is 0.132 e. The molecule has 4 nitrogen and oxygen atoms in total. The molecule has 100 valence electrons. The monoisotopic (exact) mass is 248 g/mol. The van der Waals surface area contributed by atoms with E-state index < -0.39 is 0 Å². The highest BCUT2D eigenvalue weighted by Gasteiger charge is 2.31. The van der Waals surface area contributed by atoms with Crippen LogP contribution in [0.25, 0.3) is 0 Å². The number of hydrogen-bond acceptors (Lipinski definition) is 4.